The van der Waals surface area contributed by atoms with Gasteiger partial charge in [-0.2, -0.15) is 31.4 Å². The van der Waals surface area contributed by atoms with Gasteiger partial charge in [0.25, 0.3) is 5.56 Å². The molecular weight excluding hydrogens is 640 g/mol. The van der Waals surface area contributed by atoms with E-state index in [9.17, 15) is 35.9 Å². The second-order valence-corrected chi connectivity index (χ2v) is 18.7. The number of carbonyl (C=O) groups is 1. The SMILES string of the molecule is CC(CONC(=O)C(C)(C)C1CCN(c2ncc(C(F)(F)F)cn2)CC1)Nc1cnn(COCC[Si](C)(C)C)c(=O)c1C(F)(F)F. The third-order valence-corrected chi connectivity index (χ3v) is 9.49. The van der Waals surface area contributed by atoms with Crippen molar-refractivity contribution in [2.45, 2.75) is 84.4 Å². The van der Waals surface area contributed by atoms with Gasteiger partial charge >= 0.3 is 12.4 Å². The largest absolute Gasteiger partial charge is 0.423 e. The molecule has 0 bridgehead atoms. The van der Waals surface area contributed by atoms with Gasteiger partial charge in [0.2, 0.25) is 11.9 Å². The molecule has 1 unspecified atom stereocenters. The normalized spacial score (nSPS) is 16.0. The smallest absolute Gasteiger partial charge is 0.378 e. The quantitative estimate of drug-likeness (QED) is 0.128. The molecule has 0 radical (unpaired) electrons. The summed E-state index contributed by atoms with van der Waals surface area (Å²) < 4.78 is 86.1. The number of piperidine rings is 1. The van der Waals surface area contributed by atoms with E-state index in [1.165, 1.54) is 6.92 Å². The molecule has 258 valence electrons. The first kappa shape index (κ1) is 37.2. The number of ether oxygens (including phenoxy) is 1. The lowest BCUT2D eigenvalue weighted by atomic mass is 9.73. The Labute approximate surface area is 264 Å². The molecule has 1 atom stereocenters. The monoisotopic (exact) mass is 681 g/mol. The van der Waals surface area contributed by atoms with Gasteiger partial charge < -0.3 is 15.0 Å². The molecule has 3 heterocycles. The number of alkyl halides is 6. The van der Waals surface area contributed by atoms with Crippen LogP contribution in [0.25, 0.3) is 0 Å². The molecule has 0 spiro atoms. The Morgan fingerprint density at radius 2 is 1.65 bits per heavy atom. The maximum absolute atomic E-state index is 13.9. The fourth-order valence-corrected chi connectivity index (χ4v) is 5.54. The van der Waals surface area contributed by atoms with E-state index in [1.54, 1.807) is 18.7 Å². The summed E-state index contributed by atoms with van der Waals surface area (Å²) in [6, 6.07) is 0.0146. The lowest BCUT2D eigenvalue weighted by Crippen LogP contribution is -2.47. The van der Waals surface area contributed by atoms with Crippen LogP contribution in [0, 0.1) is 11.3 Å². The van der Waals surface area contributed by atoms with E-state index in [-0.39, 0.29) is 18.5 Å². The van der Waals surface area contributed by atoms with E-state index in [4.69, 9.17) is 9.57 Å². The van der Waals surface area contributed by atoms with Gasteiger partial charge in [0.15, 0.2) is 0 Å². The van der Waals surface area contributed by atoms with Crippen molar-refractivity contribution in [3.05, 3.63) is 40.1 Å². The van der Waals surface area contributed by atoms with Gasteiger partial charge in [-0.15, -0.1) is 0 Å². The lowest BCUT2D eigenvalue weighted by molar-refractivity contribution is -0.146. The second kappa shape index (κ2) is 14.7. The Bertz CT molecular complexity index is 1370. The summed E-state index contributed by atoms with van der Waals surface area (Å²) in [5, 5.41) is 6.42. The van der Waals surface area contributed by atoms with Crippen LogP contribution in [0.4, 0.5) is 38.0 Å². The highest BCUT2D eigenvalue weighted by Gasteiger charge is 2.40. The molecule has 0 aromatic carbocycles. The molecule has 0 saturated carbocycles. The van der Waals surface area contributed by atoms with E-state index in [0.29, 0.717) is 37.2 Å². The van der Waals surface area contributed by atoms with Crippen LogP contribution < -0.4 is 21.3 Å². The molecule has 18 heteroatoms. The van der Waals surface area contributed by atoms with Gasteiger partial charge in [0.1, 0.15) is 12.3 Å². The summed E-state index contributed by atoms with van der Waals surface area (Å²) in [4.78, 5) is 40.4. The minimum atomic E-state index is -4.96. The Morgan fingerprint density at radius 3 is 2.20 bits per heavy atom. The molecule has 1 fully saturated rings. The molecule has 1 saturated heterocycles. The molecule has 2 aromatic rings. The average Bonchev–Trinajstić information content (AvgIpc) is 2.94. The van der Waals surface area contributed by atoms with E-state index in [1.807, 2.05) is 0 Å². The third-order valence-electron chi connectivity index (χ3n) is 7.79. The number of hydrogen-bond donors (Lipinski definition) is 2. The standard InChI is InChI=1S/C28H41F6N7O4Si/c1-18(38-21-15-37-41(17-44-11-12-46(4,5)6)23(42)22(21)28(32,33)34)16-45-39-24(43)26(2,3)19-7-9-40(10-8-19)25-35-13-20(14-36-25)27(29,30)31/h13-15,18-19,38H,7-12,16-17H2,1-6H3,(H,39,43). The number of aromatic nitrogens is 4. The topological polar surface area (TPSA) is 124 Å². The zero-order valence-electron chi connectivity index (χ0n) is 26.7. The summed E-state index contributed by atoms with van der Waals surface area (Å²) in [5.41, 5.74) is -2.76. The van der Waals surface area contributed by atoms with E-state index >= 15 is 0 Å². The third kappa shape index (κ3) is 10.1. The second-order valence-electron chi connectivity index (χ2n) is 13.1. The molecular formula is C28H41F6N7O4Si. The summed E-state index contributed by atoms with van der Waals surface area (Å²) in [7, 11) is -1.43. The Balaban J connectivity index is 1.52. The summed E-state index contributed by atoms with van der Waals surface area (Å²) in [6.45, 7) is 11.9. The fourth-order valence-electron chi connectivity index (χ4n) is 4.78. The summed E-state index contributed by atoms with van der Waals surface area (Å²) in [6.07, 6.45) is -6.05. The highest BCUT2D eigenvalue weighted by Crippen LogP contribution is 2.36. The maximum Gasteiger partial charge on any atom is 0.423 e. The molecule has 11 nitrogen and oxygen atoms in total. The Morgan fingerprint density at radius 1 is 1.04 bits per heavy atom. The van der Waals surface area contributed by atoms with E-state index < -0.39 is 66.9 Å². The molecule has 2 N–H and O–H groups in total. The predicted octanol–water partition coefficient (Wildman–Crippen LogP) is 5.17. The molecule has 2 aromatic heterocycles. The van der Waals surface area contributed by atoms with Crippen molar-refractivity contribution >= 4 is 25.6 Å². The number of nitrogens with zero attached hydrogens (tertiary/aromatic N) is 5. The first-order valence-electron chi connectivity index (χ1n) is 14.8. The van der Waals surface area contributed by atoms with Crippen molar-refractivity contribution in [3.63, 3.8) is 0 Å². The number of hydroxylamine groups is 1. The van der Waals surface area contributed by atoms with Crippen LogP contribution in [0.3, 0.4) is 0 Å². The van der Waals surface area contributed by atoms with Crippen LogP contribution in [-0.4, -0.2) is 66.1 Å². The number of halogens is 6. The molecule has 46 heavy (non-hydrogen) atoms. The van der Waals surface area contributed by atoms with Gasteiger partial charge in [-0.25, -0.2) is 20.1 Å². The molecule has 1 aliphatic rings. The lowest BCUT2D eigenvalue weighted by Gasteiger charge is -2.39. The van der Waals surface area contributed by atoms with Crippen molar-refractivity contribution in [2.24, 2.45) is 11.3 Å². The van der Waals surface area contributed by atoms with Crippen molar-refractivity contribution in [1.82, 2.24) is 25.2 Å². The van der Waals surface area contributed by atoms with Crippen LogP contribution in [0.15, 0.2) is 23.4 Å². The minimum Gasteiger partial charge on any atom is -0.378 e. The number of anilines is 2. The van der Waals surface area contributed by atoms with Crippen molar-refractivity contribution in [3.8, 4) is 0 Å². The Hall–Kier alpha value is -3.25. The molecule has 0 aliphatic carbocycles. The first-order chi connectivity index (χ1) is 21.2. The fraction of sp³-hybridized carbons (Fsp3) is 0.679. The maximum atomic E-state index is 13.9. The average molecular weight is 682 g/mol. The number of carbonyl (C=O) groups excluding carboxylic acids is 1. The summed E-state index contributed by atoms with van der Waals surface area (Å²) >= 11 is 0. The van der Waals surface area contributed by atoms with E-state index in [0.717, 1.165) is 24.6 Å². The zero-order chi connectivity index (χ0) is 34.5. The van der Waals surface area contributed by atoms with Crippen LogP contribution in [-0.2, 0) is 33.5 Å². The van der Waals surface area contributed by atoms with Gasteiger partial charge in [0.05, 0.1) is 24.1 Å². The van der Waals surface area contributed by atoms with Crippen molar-refractivity contribution in [1.29, 1.82) is 0 Å². The van der Waals surface area contributed by atoms with Crippen molar-refractivity contribution in [2.75, 3.05) is 36.5 Å². The molecule has 1 amide bonds. The van der Waals surface area contributed by atoms with Crippen LogP contribution in [0.5, 0.6) is 0 Å². The number of amides is 1. The molecule has 3 rings (SSSR count). The number of rotatable bonds is 13. The van der Waals surface area contributed by atoms with Gasteiger partial charge in [0, 0.05) is 51.6 Å². The van der Waals surface area contributed by atoms with Gasteiger partial charge in [-0.3, -0.25) is 14.4 Å². The predicted molar refractivity (Wildman–Crippen MR) is 161 cm³/mol. The van der Waals surface area contributed by atoms with Gasteiger partial charge in [-0.1, -0.05) is 33.5 Å². The minimum absolute atomic E-state index is 0.108. The van der Waals surface area contributed by atoms with Crippen LogP contribution in [0.1, 0.15) is 44.7 Å². The highest BCUT2D eigenvalue weighted by molar-refractivity contribution is 6.76. The molecule has 1 aliphatic heterocycles. The first-order valence-corrected chi connectivity index (χ1v) is 18.5. The van der Waals surface area contributed by atoms with E-state index in [2.05, 4.69) is 45.5 Å². The number of nitrogens with one attached hydrogen (secondary N) is 2. The zero-order valence-corrected chi connectivity index (χ0v) is 27.7. The Kier molecular flexibility index (Phi) is 11.9. The van der Waals surface area contributed by atoms with Crippen LogP contribution in [0.2, 0.25) is 25.7 Å². The number of hydrogen-bond acceptors (Lipinski definition) is 9. The van der Waals surface area contributed by atoms with Crippen LogP contribution >= 0.6 is 0 Å². The highest BCUT2D eigenvalue weighted by atomic mass is 28.3. The van der Waals surface area contributed by atoms with Gasteiger partial charge in [-0.05, 0) is 31.7 Å². The summed E-state index contributed by atoms with van der Waals surface area (Å²) in [5.74, 6) is -0.382. The van der Waals surface area contributed by atoms with Crippen molar-refractivity contribution < 1.29 is 40.7 Å².